The molecule has 2 N–H and O–H groups in total. The van der Waals surface area contributed by atoms with E-state index in [9.17, 15) is 9.59 Å². The number of hydrogen-bond acceptors (Lipinski definition) is 9. The van der Waals surface area contributed by atoms with E-state index in [1.807, 2.05) is 124 Å². The Morgan fingerprint density at radius 3 is 1.62 bits per heavy atom. The summed E-state index contributed by atoms with van der Waals surface area (Å²) in [4.78, 5) is 24.5. The quantitative estimate of drug-likeness (QED) is 0.0511. The maximum Gasteiger partial charge on any atom is 0.407 e. The van der Waals surface area contributed by atoms with Gasteiger partial charge in [-0.15, -0.1) is 0 Å². The second-order valence-corrected chi connectivity index (χ2v) is 20.6. The molecule has 406 valence electrons. The van der Waals surface area contributed by atoms with Gasteiger partial charge in [0.2, 0.25) is 5.91 Å². The zero-order chi connectivity index (χ0) is 54.4. The fourth-order valence-corrected chi connectivity index (χ4v) is 9.22. The third-order valence-electron chi connectivity index (χ3n) is 13.2. The highest BCUT2D eigenvalue weighted by molar-refractivity contribution is 5.78. The van der Waals surface area contributed by atoms with E-state index in [1.165, 1.54) is 0 Å². The van der Waals surface area contributed by atoms with Gasteiger partial charge in [-0.25, -0.2) is 4.79 Å². The molecule has 0 saturated carbocycles. The van der Waals surface area contributed by atoms with E-state index in [0.717, 1.165) is 55.6 Å². The fraction of sp³-hybridized carbons (Fsp3) is 0.313. The molecule has 11 heteroatoms. The van der Waals surface area contributed by atoms with Crippen LogP contribution >= 0.6 is 0 Å². The summed E-state index contributed by atoms with van der Waals surface area (Å²) in [5.74, 6) is 0.599. The molecule has 0 radical (unpaired) electrons. The van der Waals surface area contributed by atoms with Crippen molar-refractivity contribution in [3.8, 4) is 5.75 Å². The van der Waals surface area contributed by atoms with Crippen molar-refractivity contribution in [3.05, 3.63) is 250 Å². The van der Waals surface area contributed by atoms with Crippen molar-refractivity contribution < 1.29 is 42.7 Å². The van der Waals surface area contributed by atoms with E-state index in [-0.39, 0.29) is 18.9 Å². The molecule has 1 aliphatic heterocycles. The molecule has 1 heterocycles. The molecule has 0 bridgehead atoms. The molecule has 8 rings (SSSR count). The summed E-state index contributed by atoms with van der Waals surface area (Å²) in [7, 11) is 0. The van der Waals surface area contributed by atoms with Crippen LogP contribution in [0.4, 0.5) is 4.79 Å². The normalized spacial score (nSPS) is 17.4. The number of nitrogens with one attached hydrogen (secondary N) is 2. The van der Waals surface area contributed by atoms with Crippen LogP contribution in [-0.2, 0) is 72.7 Å². The Labute approximate surface area is 460 Å². The molecule has 2 amide bonds. The van der Waals surface area contributed by atoms with E-state index in [0.29, 0.717) is 64.7 Å². The smallest absolute Gasteiger partial charge is 0.407 e. The summed E-state index contributed by atoms with van der Waals surface area (Å²) in [5, 5.41) is 5.64. The highest BCUT2D eigenvalue weighted by atomic mass is 16.6. The Morgan fingerprint density at radius 2 is 1.06 bits per heavy atom. The summed E-state index contributed by atoms with van der Waals surface area (Å²) >= 11 is 0. The molecule has 1 fully saturated rings. The number of carbonyl (C=O) groups is 2. The largest absolute Gasteiger partial charge is 0.489 e. The molecule has 0 aromatic heterocycles. The highest BCUT2D eigenvalue weighted by Crippen LogP contribution is 2.43. The average molecular weight is 1050 g/mol. The summed E-state index contributed by atoms with van der Waals surface area (Å²) in [6.45, 7) is 10.3. The van der Waals surface area contributed by atoms with Crippen LogP contribution in [-0.4, -0.2) is 61.7 Å². The second kappa shape index (κ2) is 29.4. The van der Waals surface area contributed by atoms with E-state index >= 15 is 0 Å². The Balaban J connectivity index is 1.09. The lowest BCUT2D eigenvalue weighted by Gasteiger charge is -2.46. The van der Waals surface area contributed by atoms with Gasteiger partial charge in [-0.1, -0.05) is 188 Å². The lowest BCUT2D eigenvalue weighted by Crippen LogP contribution is -2.58. The monoisotopic (exact) mass is 1050 g/mol. The number of hydrogen-bond donors (Lipinski definition) is 2. The van der Waals surface area contributed by atoms with Crippen molar-refractivity contribution in [1.29, 1.82) is 0 Å². The third-order valence-corrected chi connectivity index (χ3v) is 13.2. The van der Waals surface area contributed by atoms with Gasteiger partial charge in [-0.05, 0) is 103 Å². The van der Waals surface area contributed by atoms with Crippen LogP contribution in [0.5, 0.6) is 5.75 Å². The Hall–Kier alpha value is -7.38. The zero-order valence-corrected chi connectivity index (χ0v) is 45.4. The number of carbonyl (C=O) groups excluding carboxylic acids is 2. The van der Waals surface area contributed by atoms with Crippen LogP contribution in [0.1, 0.15) is 95.4 Å². The second-order valence-electron chi connectivity index (χ2n) is 20.6. The van der Waals surface area contributed by atoms with Crippen LogP contribution < -0.4 is 15.4 Å². The lowest BCUT2D eigenvalue weighted by atomic mass is 9.87. The first-order valence-corrected chi connectivity index (χ1v) is 27.1. The minimum atomic E-state index is -0.694. The van der Waals surface area contributed by atoms with Crippen molar-refractivity contribution in [2.75, 3.05) is 19.7 Å². The summed E-state index contributed by atoms with van der Waals surface area (Å²) < 4.78 is 47.5. The number of aryl methyl sites for hydroxylation is 1. The molecule has 1 aliphatic rings. The third kappa shape index (κ3) is 18.1. The van der Waals surface area contributed by atoms with Gasteiger partial charge < -0.3 is 43.8 Å². The number of ether oxygens (including phenoxy) is 7. The van der Waals surface area contributed by atoms with Crippen LogP contribution in [0.15, 0.2) is 194 Å². The lowest BCUT2D eigenvalue weighted by molar-refractivity contribution is -0.275. The van der Waals surface area contributed by atoms with Gasteiger partial charge in [0.15, 0.2) is 0 Å². The first-order valence-electron chi connectivity index (χ1n) is 27.1. The van der Waals surface area contributed by atoms with Gasteiger partial charge in [0.25, 0.3) is 0 Å². The number of benzene rings is 7. The molecule has 78 heavy (non-hydrogen) atoms. The van der Waals surface area contributed by atoms with Gasteiger partial charge >= 0.3 is 6.09 Å². The van der Waals surface area contributed by atoms with Crippen molar-refractivity contribution in [2.24, 2.45) is 0 Å². The van der Waals surface area contributed by atoms with Gasteiger partial charge in [0, 0.05) is 25.1 Å². The molecule has 7 aromatic carbocycles. The van der Waals surface area contributed by atoms with Crippen molar-refractivity contribution in [1.82, 2.24) is 10.6 Å². The molecule has 7 aromatic rings. The fourth-order valence-electron chi connectivity index (χ4n) is 9.22. The van der Waals surface area contributed by atoms with Gasteiger partial charge in [-0.3, -0.25) is 4.79 Å². The molecule has 0 aliphatic carbocycles. The SMILES string of the molecule is Cc1cc(OCc2ccccc2)c([C@@H]2O[C@H](COCc3ccccc3)[C@@H](OCc3ccccc3)[C@H](OCc3ccccc3)[C@H]2OCc2ccccc2)cc1Cc1ccc(/C=C/CC(=O)NCCCNC(=O)OC(C)(C)C)cc1. The first kappa shape index (κ1) is 56.8. The van der Waals surface area contributed by atoms with Gasteiger partial charge in [-0.2, -0.15) is 0 Å². The molecular weight excluding hydrogens is 977 g/mol. The van der Waals surface area contributed by atoms with Crippen LogP contribution in [0, 0.1) is 6.92 Å². The van der Waals surface area contributed by atoms with E-state index in [1.54, 1.807) is 0 Å². The molecule has 11 nitrogen and oxygen atoms in total. The van der Waals surface area contributed by atoms with Crippen LogP contribution in [0.3, 0.4) is 0 Å². The standard InChI is InChI=1S/C67H74N2O9/c1-49-40-59(73-44-53-24-12-6-13-25-53)58(42-57(49)41-51-36-34-50(35-37-51)32-20-33-61(70)68-38-21-39-69-66(71)78-67(2,3)4)62-64(75-46-55-28-16-8-17-29-55)65(76-47-56-30-18-9-19-31-56)63(74-45-54-26-14-7-15-27-54)60(77-62)48-72-43-52-22-10-5-11-23-52/h5-20,22-32,34-37,40,42,60,62-65H,21,33,38-39,41,43-48H2,1-4H3,(H,68,70)(H,69,71)/b32-20+/t60-,62+,63-,64+,65+/m1/s1. The summed E-state index contributed by atoms with van der Waals surface area (Å²) in [6, 6.07) is 63.6. The predicted molar refractivity (Wildman–Crippen MR) is 305 cm³/mol. The summed E-state index contributed by atoms with van der Waals surface area (Å²) in [6.07, 6.45) is 1.61. The zero-order valence-electron chi connectivity index (χ0n) is 45.4. The minimum Gasteiger partial charge on any atom is -0.489 e. The molecule has 1 saturated heterocycles. The Morgan fingerprint density at radius 1 is 0.564 bits per heavy atom. The van der Waals surface area contributed by atoms with Crippen LogP contribution in [0.2, 0.25) is 0 Å². The van der Waals surface area contributed by atoms with E-state index in [4.69, 9.17) is 33.2 Å². The van der Waals surface area contributed by atoms with Gasteiger partial charge in [0.05, 0.1) is 33.0 Å². The van der Waals surface area contributed by atoms with E-state index < -0.39 is 42.2 Å². The highest BCUT2D eigenvalue weighted by Gasteiger charge is 2.50. The number of rotatable bonds is 26. The van der Waals surface area contributed by atoms with Crippen molar-refractivity contribution >= 4 is 18.1 Å². The minimum absolute atomic E-state index is 0.0902. The molecule has 0 unspecified atom stereocenters. The van der Waals surface area contributed by atoms with Crippen molar-refractivity contribution in [2.45, 2.75) is 116 Å². The Bertz CT molecular complexity index is 2920. The number of amides is 2. The first-order chi connectivity index (χ1) is 38.0. The number of alkyl carbamates (subject to hydrolysis) is 1. The maximum atomic E-state index is 12.6. The average Bonchev–Trinajstić information content (AvgIpc) is 3.64. The maximum absolute atomic E-state index is 12.6. The molecular formula is C67H74N2O9. The van der Waals surface area contributed by atoms with Crippen molar-refractivity contribution in [3.63, 3.8) is 0 Å². The van der Waals surface area contributed by atoms with E-state index in [2.05, 4.69) is 115 Å². The molecule has 0 spiro atoms. The van der Waals surface area contributed by atoms with Gasteiger partial charge in [0.1, 0.15) is 48.5 Å². The predicted octanol–water partition coefficient (Wildman–Crippen LogP) is 13.0. The van der Waals surface area contributed by atoms with Crippen LogP contribution in [0.25, 0.3) is 6.08 Å². The Kier molecular flexibility index (Phi) is 21.4. The summed E-state index contributed by atoms with van der Waals surface area (Å²) in [5.41, 5.74) is 9.70. The topological polar surface area (TPSA) is 123 Å². The molecule has 5 atom stereocenters.